The Morgan fingerprint density at radius 3 is 0.577 bits per heavy atom. The summed E-state index contributed by atoms with van der Waals surface area (Å²) in [4.78, 5) is 0. The van der Waals surface area contributed by atoms with E-state index in [9.17, 15) is 0 Å². The van der Waals surface area contributed by atoms with E-state index in [1.54, 1.807) is 0 Å². The van der Waals surface area contributed by atoms with E-state index < -0.39 is 0 Å². The first-order chi connectivity index (χ1) is 11.4. The molecule has 0 amide bonds. The largest absolute Gasteiger partial charge is 2.00 e. The Labute approximate surface area is 179 Å². The van der Waals surface area contributed by atoms with Crippen molar-refractivity contribution in [1.82, 2.24) is 0 Å². The van der Waals surface area contributed by atoms with Gasteiger partial charge in [-0.3, -0.25) is 0 Å². The molecule has 0 unspecified atom stereocenters. The summed E-state index contributed by atoms with van der Waals surface area (Å²) in [5.41, 5.74) is 0. The molecule has 0 nitrogen and oxygen atoms in total. The number of hydrogen-bond donors (Lipinski definition) is 0. The molecule has 0 aliphatic rings. The predicted molar refractivity (Wildman–Crippen MR) is 132 cm³/mol. The van der Waals surface area contributed by atoms with Gasteiger partial charge in [0.1, 0.15) is 0 Å². The van der Waals surface area contributed by atoms with Crippen LogP contribution in [0.15, 0.2) is 72.9 Å². The molecule has 146 valence electrons. The molecule has 0 aromatic carbocycles. The summed E-state index contributed by atoms with van der Waals surface area (Å²) >= 11 is 0. The molecular formula is C24H46Be2. The van der Waals surface area contributed by atoms with Crippen molar-refractivity contribution in [1.29, 1.82) is 0 Å². The van der Waals surface area contributed by atoms with Crippen molar-refractivity contribution in [3.8, 4) is 0 Å². The molecule has 0 aromatic heterocycles. The van der Waals surface area contributed by atoms with Crippen molar-refractivity contribution in [2.75, 3.05) is 0 Å². The predicted octanol–water partition coefficient (Wildman–Crippen LogP) is 8.01. The third kappa shape index (κ3) is 38.4. The molecule has 0 aliphatic heterocycles. The summed E-state index contributed by atoms with van der Waals surface area (Å²) in [6, 6.07) is 0. The second-order valence-corrected chi connectivity index (χ2v) is 5.73. The van der Waals surface area contributed by atoms with Gasteiger partial charge in [-0.25, -0.2) is 0 Å². The van der Waals surface area contributed by atoms with Gasteiger partial charge in [-0.2, -0.15) is 0 Å². The minimum Gasteiger partial charge on any atom is -1.00 e. The average molecular weight is 353 g/mol. The number of rotatable bonds is 6. The van der Waals surface area contributed by atoms with Crippen LogP contribution in [0.4, 0.5) is 0 Å². The van der Waals surface area contributed by atoms with E-state index in [-0.39, 0.29) is 25.9 Å². The number of allylic oxidation sites excluding steroid dienone is 12. The molecular weight excluding hydrogens is 306 g/mol. The second-order valence-electron chi connectivity index (χ2n) is 5.73. The van der Waals surface area contributed by atoms with Crippen molar-refractivity contribution in [2.24, 2.45) is 17.8 Å². The summed E-state index contributed by atoms with van der Waals surface area (Å²) in [6.07, 6.45) is 25.4. The van der Waals surface area contributed by atoms with Crippen molar-refractivity contribution in [3.05, 3.63) is 72.9 Å². The van der Waals surface area contributed by atoms with Crippen LogP contribution in [-0.2, 0) is 0 Å². The second kappa shape index (κ2) is 31.5. The van der Waals surface area contributed by atoms with Crippen LogP contribution in [0.1, 0.15) is 68.0 Å². The zero-order chi connectivity index (χ0) is 19.2. The van der Waals surface area contributed by atoms with Gasteiger partial charge >= 0.3 is 20.2 Å². The summed E-state index contributed by atoms with van der Waals surface area (Å²) in [7, 11) is 0. The molecule has 0 rings (SSSR count). The van der Waals surface area contributed by atoms with Crippen LogP contribution in [0.2, 0.25) is 0 Å². The third-order valence-electron chi connectivity index (χ3n) is 2.98. The van der Waals surface area contributed by atoms with E-state index in [0.717, 1.165) is 0 Å². The van der Waals surface area contributed by atoms with Gasteiger partial charge in [-0.05, 0) is 59.3 Å². The molecule has 0 radical (unpaired) electrons. The minimum absolute atomic E-state index is 0. The molecule has 2 heteroatoms. The van der Waals surface area contributed by atoms with Crippen LogP contribution in [-0.4, -0.2) is 20.2 Å². The smallest absolute Gasteiger partial charge is 1.00 e. The van der Waals surface area contributed by atoms with Gasteiger partial charge < -0.3 is 5.71 Å². The van der Waals surface area contributed by atoms with Gasteiger partial charge in [0, 0.05) is 0 Å². The SMILES string of the molecule is C/C=C/C(C)/C=C/C.C/C=C/C(C)/C=C/C.C/C=C/C(C)/C=C/C.[Be+2].[Be+2].[H-].[H-].[H-].[H-]. The summed E-state index contributed by atoms with van der Waals surface area (Å²) in [6.45, 7) is 18.8. The fraction of sp³-hybridized carbons (Fsp3) is 0.500. The van der Waals surface area contributed by atoms with E-state index in [1.165, 1.54) is 0 Å². The van der Waals surface area contributed by atoms with Crippen molar-refractivity contribution in [2.45, 2.75) is 62.3 Å². The molecule has 0 fully saturated rings. The van der Waals surface area contributed by atoms with Crippen LogP contribution in [0, 0.1) is 17.8 Å². The normalized spacial score (nSPS) is 11.5. The van der Waals surface area contributed by atoms with Gasteiger partial charge in [-0.1, -0.05) is 93.7 Å². The molecule has 0 aromatic rings. The summed E-state index contributed by atoms with van der Waals surface area (Å²) < 4.78 is 0. The maximum Gasteiger partial charge on any atom is 2.00 e. The molecule has 0 bridgehead atoms. The third-order valence-corrected chi connectivity index (χ3v) is 2.98. The molecule has 0 atom stereocenters. The fourth-order valence-corrected chi connectivity index (χ4v) is 2.01. The van der Waals surface area contributed by atoms with Crippen molar-refractivity contribution in [3.63, 3.8) is 0 Å². The van der Waals surface area contributed by atoms with Crippen molar-refractivity contribution >= 4 is 20.2 Å². The zero-order valence-corrected chi connectivity index (χ0v) is 19.1. The molecule has 0 heterocycles. The maximum atomic E-state index is 2.17. The van der Waals surface area contributed by atoms with E-state index in [1.807, 2.05) is 41.5 Å². The van der Waals surface area contributed by atoms with Crippen LogP contribution in [0.5, 0.6) is 0 Å². The van der Waals surface area contributed by atoms with E-state index >= 15 is 0 Å². The topological polar surface area (TPSA) is 0 Å². The van der Waals surface area contributed by atoms with Gasteiger partial charge in [0.25, 0.3) is 0 Å². The summed E-state index contributed by atoms with van der Waals surface area (Å²) in [5.74, 6) is 1.81. The minimum atomic E-state index is 0. The fourth-order valence-electron chi connectivity index (χ4n) is 2.01. The van der Waals surface area contributed by atoms with Crippen LogP contribution >= 0.6 is 0 Å². The zero-order valence-electron chi connectivity index (χ0n) is 23.1. The maximum absolute atomic E-state index is 2.17. The summed E-state index contributed by atoms with van der Waals surface area (Å²) in [5, 5.41) is 0. The van der Waals surface area contributed by atoms with Gasteiger partial charge in [0.2, 0.25) is 0 Å². The van der Waals surface area contributed by atoms with Crippen molar-refractivity contribution < 1.29 is 5.71 Å². The molecule has 26 heavy (non-hydrogen) atoms. The van der Waals surface area contributed by atoms with Crippen LogP contribution < -0.4 is 0 Å². The Hall–Kier alpha value is -1.22. The van der Waals surface area contributed by atoms with Gasteiger partial charge in [0.05, 0.1) is 0 Å². The molecule has 0 saturated carbocycles. The molecule has 0 N–H and O–H groups in total. The monoisotopic (exact) mass is 352 g/mol. The Morgan fingerprint density at radius 1 is 0.385 bits per heavy atom. The Morgan fingerprint density at radius 2 is 0.500 bits per heavy atom. The molecule has 0 saturated heterocycles. The quantitative estimate of drug-likeness (QED) is 0.335. The molecule has 0 spiro atoms. The average Bonchev–Trinajstić information content (AvgIpc) is 2.50. The first kappa shape index (κ1) is 35.8. The van der Waals surface area contributed by atoms with E-state index in [0.29, 0.717) is 17.8 Å². The van der Waals surface area contributed by atoms with Gasteiger partial charge in [0.15, 0.2) is 0 Å². The molecule has 0 aliphatic carbocycles. The Kier molecular flexibility index (Phi) is 43.4. The first-order valence-electron chi connectivity index (χ1n) is 9.20. The van der Waals surface area contributed by atoms with E-state index in [4.69, 9.17) is 0 Å². The number of hydrogen-bond acceptors (Lipinski definition) is 0. The van der Waals surface area contributed by atoms with E-state index in [2.05, 4.69) is 93.7 Å². The standard InChI is InChI=1S/3C8H14.2Be.4H/c3*1-4-6-8(3)7-5-2;;;;;;/h3*4-8H,1-3H3;;;;;;/q;;;2*+2;4*-1/b3*6-4+,7-5+;;;;;;. The van der Waals surface area contributed by atoms with Gasteiger partial charge in [-0.15, -0.1) is 0 Å². The first-order valence-corrected chi connectivity index (χ1v) is 9.20. The Bertz CT molecular complexity index is 318. The Balaban J connectivity index is -0.0000000286. The van der Waals surface area contributed by atoms with Crippen LogP contribution in [0.25, 0.3) is 0 Å². The van der Waals surface area contributed by atoms with Crippen LogP contribution in [0.3, 0.4) is 0 Å².